The molecule has 0 atom stereocenters. The third-order valence-electron chi connectivity index (χ3n) is 8.44. The van der Waals surface area contributed by atoms with Gasteiger partial charge >= 0.3 is 0 Å². The van der Waals surface area contributed by atoms with Crippen LogP contribution in [0.15, 0.2) is 151 Å². The molecule has 0 radical (unpaired) electrons. The van der Waals surface area contributed by atoms with Gasteiger partial charge in [-0.1, -0.05) is 97.1 Å². The summed E-state index contributed by atoms with van der Waals surface area (Å²) in [7, 11) is 0. The molecular weight excluding hydrogens is 560 g/mol. The number of nitrogens with two attached hydrogens (primary N) is 1. The molecule has 1 heterocycles. The first-order valence-electron chi connectivity index (χ1n) is 15.1. The van der Waals surface area contributed by atoms with Gasteiger partial charge in [0, 0.05) is 17.3 Å². The van der Waals surface area contributed by atoms with Crippen LogP contribution in [0.4, 0.5) is 0 Å². The Bertz CT molecular complexity index is 2440. The highest BCUT2D eigenvalue weighted by molar-refractivity contribution is 6.26. The SMILES string of the molecule is N#CC(/C=C\N)=C/Cc1cccc(-c2ccc3c4ccccc4c4ccc(-c5cccc(-c6cc(C#N)ccn6)c5)cc4c3c2)c1. The molecule has 216 valence electrons. The molecule has 0 amide bonds. The zero-order valence-corrected chi connectivity index (χ0v) is 25.0. The van der Waals surface area contributed by atoms with Crippen molar-refractivity contribution in [3.8, 4) is 45.6 Å². The van der Waals surface area contributed by atoms with E-state index < -0.39 is 0 Å². The number of rotatable bonds is 6. The molecule has 0 fully saturated rings. The van der Waals surface area contributed by atoms with Crippen LogP contribution in [0.5, 0.6) is 0 Å². The van der Waals surface area contributed by atoms with Crippen molar-refractivity contribution < 1.29 is 0 Å². The van der Waals surface area contributed by atoms with Crippen LogP contribution >= 0.6 is 0 Å². The van der Waals surface area contributed by atoms with Crippen molar-refractivity contribution in [3.63, 3.8) is 0 Å². The highest BCUT2D eigenvalue weighted by Gasteiger charge is 2.12. The highest BCUT2D eigenvalue weighted by atomic mass is 14.7. The van der Waals surface area contributed by atoms with E-state index in [4.69, 9.17) is 5.73 Å². The van der Waals surface area contributed by atoms with Crippen LogP contribution < -0.4 is 5.73 Å². The van der Waals surface area contributed by atoms with Gasteiger partial charge in [-0.15, -0.1) is 0 Å². The number of fused-ring (bicyclic) bond motifs is 6. The average Bonchev–Trinajstić information content (AvgIpc) is 3.13. The van der Waals surface area contributed by atoms with Gasteiger partial charge in [-0.25, -0.2) is 0 Å². The van der Waals surface area contributed by atoms with Crippen LogP contribution in [-0.2, 0) is 6.42 Å². The molecule has 6 aromatic carbocycles. The van der Waals surface area contributed by atoms with Crippen LogP contribution in [-0.4, -0.2) is 4.98 Å². The molecule has 0 aliphatic heterocycles. The minimum atomic E-state index is 0.547. The van der Waals surface area contributed by atoms with Gasteiger partial charge in [0.2, 0.25) is 0 Å². The number of allylic oxidation sites excluding steroid dienone is 3. The molecule has 0 saturated carbocycles. The first-order chi connectivity index (χ1) is 22.6. The summed E-state index contributed by atoms with van der Waals surface area (Å²) in [5.74, 6) is 0. The van der Waals surface area contributed by atoms with Gasteiger partial charge in [0.25, 0.3) is 0 Å². The normalized spacial score (nSPS) is 11.7. The summed E-state index contributed by atoms with van der Waals surface area (Å²) in [5, 5.41) is 26.0. The predicted molar refractivity (Wildman–Crippen MR) is 189 cm³/mol. The topological polar surface area (TPSA) is 86.5 Å². The van der Waals surface area contributed by atoms with Crippen molar-refractivity contribution in [1.29, 1.82) is 10.5 Å². The van der Waals surface area contributed by atoms with Gasteiger partial charge in [0.1, 0.15) is 0 Å². The molecule has 4 nitrogen and oxygen atoms in total. The Balaban J connectivity index is 1.37. The van der Waals surface area contributed by atoms with Crippen LogP contribution in [0.2, 0.25) is 0 Å². The van der Waals surface area contributed by atoms with Gasteiger partial charge in [-0.05, 0) is 109 Å². The zero-order chi connectivity index (χ0) is 31.5. The number of hydrogen-bond donors (Lipinski definition) is 1. The number of benzene rings is 6. The van der Waals surface area contributed by atoms with E-state index in [9.17, 15) is 10.5 Å². The molecule has 0 unspecified atom stereocenters. The third kappa shape index (κ3) is 5.37. The van der Waals surface area contributed by atoms with Crippen LogP contribution in [0.25, 0.3) is 65.8 Å². The Morgan fingerprint density at radius 1 is 0.609 bits per heavy atom. The molecule has 0 aliphatic carbocycles. The van der Waals surface area contributed by atoms with Crippen molar-refractivity contribution in [3.05, 3.63) is 163 Å². The Kier molecular flexibility index (Phi) is 7.53. The van der Waals surface area contributed by atoms with E-state index in [1.807, 2.05) is 24.3 Å². The molecule has 0 bridgehead atoms. The van der Waals surface area contributed by atoms with Crippen molar-refractivity contribution in [2.45, 2.75) is 6.42 Å². The van der Waals surface area contributed by atoms with E-state index in [1.54, 1.807) is 18.3 Å². The maximum Gasteiger partial charge on any atom is 0.0992 e. The van der Waals surface area contributed by atoms with Gasteiger partial charge in [0.05, 0.1) is 23.4 Å². The maximum atomic E-state index is 9.38. The molecule has 1 aromatic heterocycles. The summed E-state index contributed by atoms with van der Waals surface area (Å²) in [6.07, 6.45) is 7.23. The monoisotopic (exact) mass is 588 g/mol. The number of aromatic nitrogens is 1. The summed E-state index contributed by atoms with van der Waals surface area (Å²) < 4.78 is 0. The average molecular weight is 589 g/mol. The maximum absolute atomic E-state index is 9.38. The molecule has 4 heteroatoms. The zero-order valence-electron chi connectivity index (χ0n) is 25.0. The predicted octanol–water partition coefficient (Wildman–Crippen LogP) is 9.88. The van der Waals surface area contributed by atoms with Crippen molar-refractivity contribution >= 4 is 32.3 Å². The van der Waals surface area contributed by atoms with E-state index in [0.29, 0.717) is 17.6 Å². The van der Waals surface area contributed by atoms with Gasteiger partial charge in [0.15, 0.2) is 0 Å². The first kappa shape index (κ1) is 28.3. The quantitative estimate of drug-likeness (QED) is 0.119. The Morgan fingerprint density at radius 2 is 1.22 bits per heavy atom. The smallest absolute Gasteiger partial charge is 0.0992 e. The van der Waals surface area contributed by atoms with Crippen LogP contribution in [0.3, 0.4) is 0 Å². The minimum absolute atomic E-state index is 0.547. The highest BCUT2D eigenvalue weighted by Crippen LogP contribution is 2.39. The lowest BCUT2D eigenvalue weighted by molar-refractivity contribution is 1.25. The summed E-state index contributed by atoms with van der Waals surface area (Å²) in [5.41, 5.74) is 14.0. The Hall–Kier alpha value is -6.49. The van der Waals surface area contributed by atoms with Crippen molar-refractivity contribution in [2.75, 3.05) is 0 Å². The fourth-order valence-corrected chi connectivity index (χ4v) is 6.19. The van der Waals surface area contributed by atoms with Crippen LogP contribution in [0.1, 0.15) is 11.1 Å². The second kappa shape index (κ2) is 12.2. The molecule has 0 spiro atoms. The number of hydrogen-bond acceptors (Lipinski definition) is 4. The molecule has 7 aromatic rings. The number of nitriles is 2. The van der Waals surface area contributed by atoms with Gasteiger partial charge < -0.3 is 5.73 Å². The van der Waals surface area contributed by atoms with E-state index in [0.717, 1.165) is 39.1 Å². The first-order valence-corrected chi connectivity index (χ1v) is 15.1. The molecule has 2 N–H and O–H groups in total. The largest absolute Gasteiger partial charge is 0.405 e. The van der Waals surface area contributed by atoms with E-state index in [2.05, 4.69) is 114 Å². The lowest BCUT2D eigenvalue weighted by atomic mass is 9.90. The number of nitrogens with zero attached hydrogens (tertiary/aromatic N) is 3. The van der Waals surface area contributed by atoms with E-state index in [-0.39, 0.29) is 0 Å². The lowest BCUT2D eigenvalue weighted by Gasteiger charge is -2.14. The summed E-state index contributed by atoms with van der Waals surface area (Å²) in [4.78, 5) is 4.52. The molecule has 0 saturated heterocycles. The van der Waals surface area contributed by atoms with Gasteiger partial charge in [-0.3, -0.25) is 4.98 Å². The Morgan fingerprint density at radius 3 is 1.87 bits per heavy atom. The second-order valence-electron chi connectivity index (χ2n) is 11.2. The fraction of sp³-hybridized carbons (Fsp3) is 0.0238. The third-order valence-corrected chi connectivity index (χ3v) is 8.44. The molecular formula is C42H28N4. The van der Waals surface area contributed by atoms with E-state index in [1.165, 1.54) is 38.5 Å². The molecule has 7 rings (SSSR count). The van der Waals surface area contributed by atoms with Crippen molar-refractivity contribution in [1.82, 2.24) is 4.98 Å². The Labute approximate surface area is 267 Å². The van der Waals surface area contributed by atoms with E-state index >= 15 is 0 Å². The standard InChI is InChI=1S/C42H28N4/c43-19-17-29(26-44)12-11-28-5-3-6-31(21-28)33-13-15-38-36-9-1-2-10-37(36)39-16-14-34(25-41(39)40(38)24-33)32-7-4-8-35(23-32)42-22-30(27-45)18-20-46-42/h1-10,12-25H,11,43H2/b19-17-,29-12+. The minimum Gasteiger partial charge on any atom is -0.405 e. The molecule has 0 aliphatic rings. The molecule has 46 heavy (non-hydrogen) atoms. The van der Waals surface area contributed by atoms with Crippen LogP contribution in [0, 0.1) is 22.7 Å². The number of pyridine rings is 1. The summed E-state index contributed by atoms with van der Waals surface area (Å²) >= 11 is 0. The fourth-order valence-electron chi connectivity index (χ4n) is 6.19. The second-order valence-corrected chi connectivity index (χ2v) is 11.2. The summed E-state index contributed by atoms with van der Waals surface area (Å²) in [6, 6.07) is 46.8. The lowest BCUT2D eigenvalue weighted by Crippen LogP contribution is -1.89. The van der Waals surface area contributed by atoms with Gasteiger partial charge in [-0.2, -0.15) is 10.5 Å². The van der Waals surface area contributed by atoms with Crippen molar-refractivity contribution in [2.24, 2.45) is 5.73 Å². The summed E-state index contributed by atoms with van der Waals surface area (Å²) in [6.45, 7) is 0.